The average molecular weight is 746 g/mol. The summed E-state index contributed by atoms with van der Waals surface area (Å²) in [6.45, 7) is 0.552. The summed E-state index contributed by atoms with van der Waals surface area (Å²) in [5.41, 5.74) is 5.10. The van der Waals surface area contributed by atoms with Crippen LogP contribution in [-0.4, -0.2) is 116 Å². The second-order valence-corrected chi connectivity index (χ2v) is 12.3. The zero-order chi connectivity index (χ0) is 38.0. The summed E-state index contributed by atoms with van der Waals surface area (Å²) in [4.78, 5) is 72.5. The summed E-state index contributed by atoms with van der Waals surface area (Å²) in [6.07, 6.45) is 1.29. The summed E-state index contributed by atoms with van der Waals surface area (Å²) in [5.74, 6) is -11.7. The Morgan fingerprint density at radius 1 is 1.13 bits per heavy atom. The molecule has 0 spiro atoms. The van der Waals surface area contributed by atoms with Gasteiger partial charge in [0, 0.05) is 44.5 Å². The van der Waals surface area contributed by atoms with Gasteiger partial charge in [0.25, 0.3) is 0 Å². The van der Waals surface area contributed by atoms with Gasteiger partial charge in [-0.05, 0) is 42.8 Å². The van der Waals surface area contributed by atoms with Crippen LogP contribution in [0, 0.1) is 11.6 Å². The SMILES string of the molecule is CN(CCN1CCN(C(=O)NC(C(=O)NC2Cc3ccc(F)c(C(=O)O)c3OB2O)c2cc(F)c(O)c(O)c2Cl)C(=O)C1=O)Cc1ccc(N)nc1. The number of nitrogens with two attached hydrogens (primary N) is 1. The van der Waals surface area contributed by atoms with Crippen LogP contribution in [0.3, 0.4) is 0 Å². The number of hydrogen-bond donors (Lipinski definition) is 7. The van der Waals surface area contributed by atoms with Crippen molar-refractivity contribution in [2.24, 2.45) is 0 Å². The maximum absolute atomic E-state index is 14.6. The molecule has 2 unspecified atom stereocenters. The lowest BCUT2D eigenvalue weighted by atomic mass is 9.72. The molecule has 1 fully saturated rings. The van der Waals surface area contributed by atoms with Crippen molar-refractivity contribution >= 4 is 54.3 Å². The molecule has 2 aromatic carbocycles. The normalized spacial score (nSPS) is 16.3. The molecule has 2 atom stereocenters. The zero-order valence-corrected chi connectivity index (χ0v) is 27.9. The largest absolute Gasteiger partial charge is 0.547 e. The first-order valence-electron chi connectivity index (χ1n) is 15.5. The second kappa shape index (κ2) is 15.3. The Kier molecular flexibility index (Phi) is 11.0. The number of phenolic OH excluding ortho intramolecular Hbond substituents is 2. The third kappa shape index (κ3) is 7.77. The number of phenols is 2. The minimum atomic E-state index is -2.03. The summed E-state index contributed by atoms with van der Waals surface area (Å²) < 4.78 is 34.0. The number of amides is 5. The number of pyridine rings is 1. The Labute approximate surface area is 298 Å². The van der Waals surface area contributed by atoms with Crippen LogP contribution in [0.25, 0.3) is 0 Å². The van der Waals surface area contributed by atoms with Crippen LogP contribution in [0.1, 0.15) is 33.1 Å². The molecule has 8 N–H and O–H groups in total. The average Bonchev–Trinajstić information content (AvgIpc) is 3.09. The fourth-order valence-electron chi connectivity index (χ4n) is 5.64. The minimum Gasteiger partial charge on any atom is -0.534 e. The Bertz CT molecular complexity index is 1940. The number of carbonyl (C=O) groups is 5. The molecule has 1 saturated heterocycles. The number of imide groups is 1. The van der Waals surface area contributed by atoms with Crippen molar-refractivity contribution in [2.75, 3.05) is 39.0 Å². The number of nitrogen functional groups attached to an aromatic ring is 1. The first-order valence-corrected chi connectivity index (χ1v) is 15.8. The Morgan fingerprint density at radius 3 is 2.54 bits per heavy atom. The van der Waals surface area contributed by atoms with E-state index in [1.54, 1.807) is 25.4 Å². The highest BCUT2D eigenvalue weighted by Crippen LogP contribution is 2.40. The third-order valence-electron chi connectivity index (χ3n) is 8.39. The quantitative estimate of drug-likeness (QED) is 0.0845. The van der Waals surface area contributed by atoms with Gasteiger partial charge in [-0.15, -0.1) is 0 Å². The number of carboxylic acid groups (broad SMARTS) is 1. The van der Waals surface area contributed by atoms with Gasteiger partial charge >= 0.3 is 30.9 Å². The molecule has 17 nitrogen and oxygen atoms in total. The van der Waals surface area contributed by atoms with Gasteiger partial charge in [0.05, 0.1) is 11.0 Å². The number of aromatic nitrogens is 1. The van der Waals surface area contributed by atoms with E-state index in [1.165, 1.54) is 11.0 Å². The van der Waals surface area contributed by atoms with Crippen molar-refractivity contribution in [1.82, 2.24) is 30.3 Å². The summed E-state index contributed by atoms with van der Waals surface area (Å²) >= 11 is 6.14. The molecule has 5 amide bonds. The molecule has 0 aliphatic carbocycles. The number of halogens is 3. The van der Waals surface area contributed by atoms with E-state index in [0.29, 0.717) is 29.9 Å². The van der Waals surface area contributed by atoms with Gasteiger partial charge in [0.1, 0.15) is 29.0 Å². The lowest BCUT2D eigenvalue weighted by molar-refractivity contribution is -0.153. The van der Waals surface area contributed by atoms with E-state index in [4.69, 9.17) is 22.0 Å². The predicted molar refractivity (Wildman–Crippen MR) is 177 cm³/mol. The monoisotopic (exact) mass is 745 g/mol. The van der Waals surface area contributed by atoms with Gasteiger partial charge in [0.15, 0.2) is 17.3 Å². The van der Waals surface area contributed by atoms with Crippen molar-refractivity contribution < 1.29 is 57.8 Å². The molecule has 2 aliphatic heterocycles. The van der Waals surface area contributed by atoms with Gasteiger partial charge in [-0.3, -0.25) is 19.3 Å². The van der Waals surface area contributed by atoms with Crippen LogP contribution >= 0.6 is 11.6 Å². The van der Waals surface area contributed by atoms with Gasteiger partial charge in [-0.1, -0.05) is 23.7 Å². The molecular weight excluding hydrogens is 715 g/mol. The molecule has 3 heterocycles. The number of anilines is 1. The Hall–Kier alpha value is -5.73. The number of urea groups is 1. The number of hydrogen-bond acceptors (Lipinski definition) is 12. The molecule has 5 rings (SSSR count). The van der Waals surface area contributed by atoms with E-state index < -0.39 is 93.9 Å². The van der Waals surface area contributed by atoms with E-state index in [-0.39, 0.29) is 31.6 Å². The number of benzene rings is 2. The second-order valence-electron chi connectivity index (χ2n) is 12.0. The molecule has 274 valence electrons. The van der Waals surface area contributed by atoms with Gasteiger partial charge in [0.2, 0.25) is 5.91 Å². The summed E-state index contributed by atoms with van der Waals surface area (Å²) in [5, 5.41) is 43.8. The molecule has 21 heteroatoms. The van der Waals surface area contributed by atoms with Crippen molar-refractivity contribution in [1.29, 1.82) is 0 Å². The Balaban J connectivity index is 1.31. The highest BCUT2D eigenvalue weighted by Gasteiger charge is 2.42. The van der Waals surface area contributed by atoms with E-state index in [9.17, 15) is 53.1 Å². The number of aromatic carboxylic acids is 1. The Morgan fingerprint density at radius 2 is 1.87 bits per heavy atom. The summed E-state index contributed by atoms with van der Waals surface area (Å²) in [6, 6.07) is 2.67. The molecule has 52 heavy (non-hydrogen) atoms. The van der Waals surface area contributed by atoms with Crippen LogP contribution in [0.4, 0.5) is 19.4 Å². The maximum atomic E-state index is 14.6. The minimum absolute atomic E-state index is 0.0779. The number of piperazine rings is 1. The van der Waals surface area contributed by atoms with Crippen molar-refractivity contribution in [2.45, 2.75) is 24.9 Å². The first-order chi connectivity index (χ1) is 24.6. The molecule has 0 saturated carbocycles. The number of nitrogens with one attached hydrogen (secondary N) is 2. The number of fused-ring (bicyclic) bond motifs is 1. The van der Waals surface area contributed by atoms with E-state index in [1.807, 2.05) is 4.90 Å². The molecule has 1 aromatic heterocycles. The lowest BCUT2D eigenvalue weighted by Gasteiger charge is -2.34. The highest BCUT2D eigenvalue weighted by molar-refractivity contribution is 6.47. The predicted octanol–water partition coefficient (Wildman–Crippen LogP) is 0.398. The van der Waals surface area contributed by atoms with Crippen LogP contribution < -0.4 is 21.0 Å². The van der Waals surface area contributed by atoms with E-state index in [0.717, 1.165) is 11.6 Å². The van der Waals surface area contributed by atoms with Crippen molar-refractivity contribution in [3.05, 3.63) is 75.4 Å². The maximum Gasteiger partial charge on any atom is 0.547 e. The molecule has 0 bridgehead atoms. The highest BCUT2D eigenvalue weighted by atomic mass is 35.5. The fraction of sp³-hybridized carbons (Fsp3) is 0.290. The number of rotatable bonds is 10. The van der Waals surface area contributed by atoms with Crippen LogP contribution in [0.5, 0.6) is 17.2 Å². The van der Waals surface area contributed by atoms with E-state index >= 15 is 0 Å². The van der Waals surface area contributed by atoms with Gasteiger partial charge < -0.3 is 51.2 Å². The van der Waals surface area contributed by atoms with Crippen LogP contribution in [0.15, 0.2) is 36.5 Å². The number of carboxylic acids is 1. The lowest BCUT2D eigenvalue weighted by Crippen LogP contribution is -2.60. The standard InChI is InChI=1S/C31H31BClF2N7O10/c1-40(13-14-2-5-20(36)37-12-14)6-7-41-8-9-42(29(47)28(41)46)31(50)39-23(16-11-18(35)24(43)25(44)22(16)33)27(45)38-19-10-15-3-4-17(34)21(30(48)49)26(15)52-32(19)51/h2-5,11-12,19,23,43-44,51H,6-10,13H2,1H3,(H2,36,37)(H,38,45)(H,39,50)(H,48,49). The summed E-state index contributed by atoms with van der Waals surface area (Å²) in [7, 11) is -0.167. The van der Waals surface area contributed by atoms with Crippen molar-refractivity contribution in [3.8, 4) is 17.2 Å². The fourth-order valence-corrected chi connectivity index (χ4v) is 5.89. The number of aromatic hydroxyl groups is 2. The number of carbonyl (C=O) groups excluding carboxylic acids is 4. The molecule has 0 radical (unpaired) electrons. The van der Waals surface area contributed by atoms with Gasteiger partial charge in [-0.25, -0.2) is 23.4 Å². The van der Waals surface area contributed by atoms with Crippen molar-refractivity contribution in [3.63, 3.8) is 0 Å². The van der Waals surface area contributed by atoms with Gasteiger partial charge in [-0.2, -0.15) is 0 Å². The molecular formula is C31H31BClF2N7O10. The third-order valence-corrected chi connectivity index (χ3v) is 8.79. The first kappa shape index (κ1) is 37.5. The number of nitrogens with zero attached hydrogens (tertiary/aromatic N) is 4. The van der Waals surface area contributed by atoms with Crippen LogP contribution in [0.2, 0.25) is 5.02 Å². The van der Waals surface area contributed by atoms with Crippen LogP contribution in [-0.2, 0) is 27.3 Å². The molecule has 2 aliphatic rings. The van der Waals surface area contributed by atoms with E-state index in [2.05, 4.69) is 15.6 Å². The molecule has 3 aromatic rings. The smallest absolute Gasteiger partial charge is 0.534 e. The number of likely N-dealkylation sites (N-methyl/N-ethyl adjacent to an activating group) is 1. The topological polar surface area (TPSA) is 248 Å². The zero-order valence-electron chi connectivity index (χ0n) is 27.2.